The van der Waals surface area contributed by atoms with Gasteiger partial charge in [-0.15, -0.1) is 0 Å². The van der Waals surface area contributed by atoms with Crippen molar-refractivity contribution in [3.8, 4) is 0 Å². The van der Waals surface area contributed by atoms with E-state index in [1.54, 1.807) is 20.8 Å². The maximum atomic E-state index is 11.7. The Morgan fingerprint density at radius 2 is 2.12 bits per heavy atom. The molecule has 0 aliphatic carbocycles. The van der Waals surface area contributed by atoms with E-state index in [0.717, 1.165) is 11.0 Å². The van der Waals surface area contributed by atoms with Gasteiger partial charge in [-0.05, 0) is 20.8 Å². The van der Waals surface area contributed by atoms with Crippen molar-refractivity contribution in [2.45, 2.75) is 26.8 Å². The maximum Gasteiger partial charge on any atom is 0.333 e. The first-order valence-electron chi connectivity index (χ1n) is 5.00. The Bertz CT molecular complexity index is 360. The van der Waals surface area contributed by atoms with Crippen molar-refractivity contribution in [1.29, 1.82) is 0 Å². The smallest absolute Gasteiger partial charge is 0.333 e. The third-order valence-electron chi connectivity index (χ3n) is 1.97. The molecule has 88 valence electrons. The summed E-state index contributed by atoms with van der Waals surface area (Å²) in [6.45, 7) is 5.31. The number of hydrogen-bond donors (Lipinski definition) is 1. The lowest BCUT2D eigenvalue weighted by Crippen LogP contribution is -2.36. The predicted molar refractivity (Wildman–Crippen MR) is 55.2 cm³/mol. The quantitative estimate of drug-likeness (QED) is 0.429. The molecule has 0 saturated carbocycles. The Morgan fingerprint density at radius 1 is 1.50 bits per heavy atom. The van der Waals surface area contributed by atoms with E-state index in [1.807, 2.05) is 0 Å². The molecule has 1 N–H and O–H groups in total. The highest BCUT2D eigenvalue weighted by atomic mass is 16.5. The standard InChI is InChI=1S/C10H14N2O4/c1-4-16-8(13)5-7-9(14)12(6(2)3)10(15)11-7/h5-6H,4H2,1-3H3,(H,11,15)/b7-5+. The maximum absolute atomic E-state index is 11.7. The van der Waals surface area contributed by atoms with Gasteiger partial charge in [0.2, 0.25) is 0 Å². The minimum Gasteiger partial charge on any atom is -0.463 e. The SMILES string of the molecule is CCOC(=O)/C=C1/NC(=O)N(C(C)C)C1=O. The Labute approximate surface area is 93.2 Å². The number of hydrogen-bond acceptors (Lipinski definition) is 4. The molecule has 0 atom stereocenters. The second-order valence-electron chi connectivity index (χ2n) is 3.51. The predicted octanol–water partition coefficient (Wildman–Crippen LogP) is 0.394. The van der Waals surface area contributed by atoms with E-state index >= 15 is 0 Å². The van der Waals surface area contributed by atoms with E-state index in [2.05, 4.69) is 10.1 Å². The van der Waals surface area contributed by atoms with Gasteiger partial charge in [0.25, 0.3) is 5.91 Å². The summed E-state index contributed by atoms with van der Waals surface area (Å²) < 4.78 is 4.65. The molecule has 1 aliphatic rings. The van der Waals surface area contributed by atoms with Crippen molar-refractivity contribution in [2.75, 3.05) is 6.61 Å². The normalized spacial score (nSPS) is 18.2. The first kappa shape index (κ1) is 12.2. The lowest BCUT2D eigenvalue weighted by Gasteiger charge is -2.15. The number of carbonyl (C=O) groups excluding carboxylic acids is 3. The van der Waals surface area contributed by atoms with Crippen LogP contribution in [0.15, 0.2) is 11.8 Å². The largest absolute Gasteiger partial charge is 0.463 e. The van der Waals surface area contributed by atoms with Crippen LogP contribution in [0, 0.1) is 0 Å². The van der Waals surface area contributed by atoms with Gasteiger partial charge in [0, 0.05) is 6.04 Å². The Balaban J connectivity index is 2.84. The second-order valence-corrected chi connectivity index (χ2v) is 3.51. The average Bonchev–Trinajstić information content (AvgIpc) is 2.42. The highest BCUT2D eigenvalue weighted by Crippen LogP contribution is 2.12. The first-order chi connectivity index (χ1) is 7.47. The number of esters is 1. The molecular weight excluding hydrogens is 212 g/mol. The van der Waals surface area contributed by atoms with Crippen molar-refractivity contribution in [3.05, 3.63) is 11.8 Å². The van der Waals surface area contributed by atoms with E-state index in [4.69, 9.17) is 0 Å². The molecule has 0 unspecified atom stereocenters. The number of nitrogens with zero attached hydrogens (tertiary/aromatic N) is 1. The van der Waals surface area contributed by atoms with Crippen LogP contribution in [0.2, 0.25) is 0 Å². The van der Waals surface area contributed by atoms with Crippen LogP contribution in [0.3, 0.4) is 0 Å². The third kappa shape index (κ3) is 2.39. The number of amides is 3. The highest BCUT2D eigenvalue weighted by Gasteiger charge is 2.35. The van der Waals surface area contributed by atoms with Crippen LogP contribution in [0.1, 0.15) is 20.8 Å². The number of imide groups is 1. The summed E-state index contributed by atoms with van der Waals surface area (Å²) >= 11 is 0. The molecule has 1 rings (SSSR count). The van der Waals surface area contributed by atoms with Gasteiger partial charge in [0.1, 0.15) is 5.70 Å². The molecule has 0 aromatic heterocycles. The molecular formula is C10H14N2O4. The summed E-state index contributed by atoms with van der Waals surface area (Å²) in [4.78, 5) is 35.2. The molecule has 0 spiro atoms. The fraction of sp³-hybridized carbons (Fsp3) is 0.500. The zero-order valence-electron chi connectivity index (χ0n) is 9.44. The zero-order valence-corrected chi connectivity index (χ0v) is 9.44. The van der Waals surface area contributed by atoms with Crippen LogP contribution >= 0.6 is 0 Å². The first-order valence-corrected chi connectivity index (χ1v) is 5.00. The number of nitrogens with one attached hydrogen (secondary N) is 1. The van der Waals surface area contributed by atoms with Crippen LogP contribution in [0.25, 0.3) is 0 Å². The van der Waals surface area contributed by atoms with Crippen molar-refractivity contribution in [1.82, 2.24) is 10.2 Å². The molecule has 3 amide bonds. The molecule has 1 aliphatic heterocycles. The van der Waals surface area contributed by atoms with Crippen molar-refractivity contribution in [3.63, 3.8) is 0 Å². The number of rotatable bonds is 3. The summed E-state index contributed by atoms with van der Waals surface area (Å²) in [6, 6.07) is -0.767. The molecule has 1 fully saturated rings. The van der Waals surface area contributed by atoms with Crippen molar-refractivity contribution in [2.24, 2.45) is 0 Å². The zero-order chi connectivity index (χ0) is 12.3. The van der Waals surface area contributed by atoms with Gasteiger partial charge in [-0.3, -0.25) is 9.69 Å². The Morgan fingerprint density at radius 3 is 2.56 bits per heavy atom. The molecule has 0 aromatic carbocycles. The van der Waals surface area contributed by atoms with E-state index in [0.29, 0.717) is 0 Å². The topological polar surface area (TPSA) is 75.7 Å². The van der Waals surface area contributed by atoms with E-state index in [1.165, 1.54) is 0 Å². The van der Waals surface area contributed by atoms with Crippen LogP contribution < -0.4 is 5.32 Å². The van der Waals surface area contributed by atoms with Crippen molar-refractivity contribution < 1.29 is 19.1 Å². The molecule has 0 radical (unpaired) electrons. The van der Waals surface area contributed by atoms with Crippen LogP contribution in [0.5, 0.6) is 0 Å². The number of carbonyl (C=O) groups is 3. The number of urea groups is 1. The van der Waals surface area contributed by atoms with E-state index in [9.17, 15) is 14.4 Å². The molecule has 0 aromatic rings. The summed E-state index contributed by atoms with van der Waals surface area (Å²) in [7, 11) is 0. The minimum absolute atomic E-state index is 0.0443. The number of ether oxygens (including phenoxy) is 1. The fourth-order valence-corrected chi connectivity index (χ4v) is 1.32. The van der Waals surface area contributed by atoms with Crippen LogP contribution in [0.4, 0.5) is 4.79 Å². The molecule has 0 bridgehead atoms. The molecule has 1 heterocycles. The molecule has 16 heavy (non-hydrogen) atoms. The monoisotopic (exact) mass is 226 g/mol. The van der Waals surface area contributed by atoms with Crippen LogP contribution in [-0.2, 0) is 14.3 Å². The molecule has 6 heteroatoms. The second kappa shape index (κ2) is 4.78. The fourth-order valence-electron chi connectivity index (χ4n) is 1.32. The summed E-state index contributed by atoms with van der Waals surface area (Å²) in [5.41, 5.74) is -0.0443. The molecule has 6 nitrogen and oxygen atoms in total. The van der Waals surface area contributed by atoms with Crippen LogP contribution in [-0.4, -0.2) is 35.5 Å². The minimum atomic E-state index is -0.642. The highest BCUT2D eigenvalue weighted by molar-refractivity contribution is 6.13. The average molecular weight is 226 g/mol. The van der Waals surface area contributed by atoms with Gasteiger partial charge in [0.05, 0.1) is 12.7 Å². The van der Waals surface area contributed by atoms with Gasteiger partial charge in [0.15, 0.2) is 0 Å². The third-order valence-corrected chi connectivity index (χ3v) is 1.97. The molecule has 1 saturated heterocycles. The van der Waals surface area contributed by atoms with Gasteiger partial charge < -0.3 is 10.1 Å². The van der Waals surface area contributed by atoms with E-state index in [-0.39, 0.29) is 18.3 Å². The Kier molecular flexibility index (Phi) is 3.65. The lowest BCUT2D eigenvalue weighted by atomic mass is 10.3. The van der Waals surface area contributed by atoms with Crippen molar-refractivity contribution >= 4 is 17.9 Å². The Hall–Kier alpha value is -1.85. The van der Waals surface area contributed by atoms with E-state index < -0.39 is 17.9 Å². The van der Waals surface area contributed by atoms with Gasteiger partial charge >= 0.3 is 12.0 Å². The summed E-state index contributed by atoms with van der Waals surface area (Å²) in [6.07, 6.45) is 0.992. The van der Waals surface area contributed by atoms with Gasteiger partial charge in [-0.1, -0.05) is 0 Å². The van der Waals surface area contributed by atoms with Gasteiger partial charge in [-0.25, -0.2) is 9.59 Å². The summed E-state index contributed by atoms with van der Waals surface area (Å²) in [5, 5.41) is 2.32. The summed E-state index contributed by atoms with van der Waals surface area (Å²) in [5.74, 6) is -1.15. The van der Waals surface area contributed by atoms with Gasteiger partial charge in [-0.2, -0.15) is 0 Å². The lowest BCUT2D eigenvalue weighted by molar-refractivity contribution is -0.137.